The molecule has 0 aliphatic rings. The molecule has 1 aromatic rings. The fourth-order valence-corrected chi connectivity index (χ4v) is 0.729. The van der Waals surface area contributed by atoms with Crippen molar-refractivity contribution >= 4 is 5.97 Å². The maximum atomic E-state index is 10.4. The molecule has 0 fully saturated rings. The zero-order valence-corrected chi connectivity index (χ0v) is 7.39. The molecule has 1 N–H and O–H groups in total. The summed E-state index contributed by atoms with van der Waals surface area (Å²) in [4.78, 5) is 18.2. The van der Waals surface area contributed by atoms with Crippen molar-refractivity contribution in [2.45, 2.75) is 20.0 Å². The summed E-state index contributed by atoms with van der Waals surface area (Å²) >= 11 is 0. The lowest BCUT2D eigenvalue weighted by atomic mass is 10.4. The van der Waals surface area contributed by atoms with E-state index in [0.29, 0.717) is 5.69 Å². The minimum Gasteiger partial charge on any atom is -0.479 e. The van der Waals surface area contributed by atoms with Gasteiger partial charge in [-0.2, -0.15) is 0 Å². The quantitative estimate of drug-likeness (QED) is 0.742. The van der Waals surface area contributed by atoms with Crippen molar-refractivity contribution in [2.24, 2.45) is 0 Å². The number of hydrogen-bond donors (Lipinski definition) is 1. The molecular weight excluding hydrogens is 172 g/mol. The summed E-state index contributed by atoms with van der Waals surface area (Å²) in [6.45, 7) is 3.19. The smallest absolute Gasteiger partial charge is 0.344 e. The van der Waals surface area contributed by atoms with Crippen LogP contribution in [0.3, 0.4) is 0 Å². The standard InChI is InChI=1S/C8H10N2O3/c1-5-3-9-4-7(10-5)13-6(2)8(11)12/h3-4,6H,1-2H3,(H,11,12). The zero-order chi connectivity index (χ0) is 9.84. The molecule has 0 amide bonds. The van der Waals surface area contributed by atoms with Gasteiger partial charge in [-0.05, 0) is 13.8 Å². The van der Waals surface area contributed by atoms with Crippen molar-refractivity contribution in [3.63, 3.8) is 0 Å². The van der Waals surface area contributed by atoms with Crippen LogP contribution in [0.4, 0.5) is 0 Å². The Hall–Kier alpha value is -1.65. The average Bonchev–Trinajstić information content (AvgIpc) is 2.04. The number of carboxylic acids is 1. The van der Waals surface area contributed by atoms with Gasteiger partial charge in [-0.1, -0.05) is 0 Å². The summed E-state index contributed by atoms with van der Waals surface area (Å²) in [6.07, 6.45) is 2.04. The maximum Gasteiger partial charge on any atom is 0.344 e. The lowest BCUT2D eigenvalue weighted by Crippen LogP contribution is -2.23. The van der Waals surface area contributed by atoms with E-state index in [2.05, 4.69) is 9.97 Å². The van der Waals surface area contributed by atoms with Crippen LogP contribution in [0.1, 0.15) is 12.6 Å². The van der Waals surface area contributed by atoms with E-state index >= 15 is 0 Å². The number of nitrogens with zero attached hydrogens (tertiary/aromatic N) is 2. The summed E-state index contributed by atoms with van der Waals surface area (Å²) in [6, 6.07) is 0. The number of ether oxygens (including phenoxy) is 1. The third kappa shape index (κ3) is 2.70. The van der Waals surface area contributed by atoms with Crippen LogP contribution in [0, 0.1) is 6.92 Å². The van der Waals surface area contributed by atoms with E-state index in [0.717, 1.165) is 0 Å². The van der Waals surface area contributed by atoms with Gasteiger partial charge in [0.15, 0.2) is 6.10 Å². The van der Waals surface area contributed by atoms with E-state index in [4.69, 9.17) is 9.84 Å². The van der Waals surface area contributed by atoms with Gasteiger partial charge in [0.1, 0.15) is 0 Å². The number of aliphatic carboxylic acids is 1. The molecule has 1 rings (SSSR count). The van der Waals surface area contributed by atoms with Gasteiger partial charge >= 0.3 is 5.97 Å². The SMILES string of the molecule is Cc1cncc(OC(C)C(=O)O)n1. The molecule has 5 heteroatoms. The highest BCUT2D eigenvalue weighted by molar-refractivity contribution is 5.72. The van der Waals surface area contributed by atoms with Crippen LogP contribution in [-0.2, 0) is 4.79 Å². The molecule has 0 aromatic carbocycles. The van der Waals surface area contributed by atoms with Gasteiger partial charge in [0.25, 0.3) is 0 Å². The van der Waals surface area contributed by atoms with Gasteiger partial charge in [0.2, 0.25) is 5.88 Å². The number of aryl methyl sites for hydroxylation is 1. The summed E-state index contributed by atoms with van der Waals surface area (Å²) in [5.74, 6) is -0.793. The van der Waals surface area contributed by atoms with E-state index in [1.165, 1.54) is 13.1 Å². The van der Waals surface area contributed by atoms with Crippen LogP contribution in [0.25, 0.3) is 0 Å². The highest BCUT2D eigenvalue weighted by Gasteiger charge is 2.12. The van der Waals surface area contributed by atoms with Crippen LogP contribution in [0.5, 0.6) is 5.88 Å². The van der Waals surface area contributed by atoms with Crippen molar-refractivity contribution in [3.05, 3.63) is 18.1 Å². The first kappa shape index (κ1) is 9.44. The van der Waals surface area contributed by atoms with Crippen molar-refractivity contribution < 1.29 is 14.6 Å². The molecule has 1 atom stereocenters. The van der Waals surface area contributed by atoms with Crippen LogP contribution in [-0.4, -0.2) is 27.1 Å². The predicted molar refractivity (Wildman–Crippen MR) is 44.5 cm³/mol. The minimum atomic E-state index is -1.02. The van der Waals surface area contributed by atoms with E-state index < -0.39 is 12.1 Å². The molecule has 0 spiro atoms. The first-order valence-corrected chi connectivity index (χ1v) is 3.77. The Morgan fingerprint density at radius 2 is 2.31 bits per heavy atom. The molecule has 1 unspecified atom stereocenters. The van der Waals surface area contributed by atoms with Gasteiger partial charge in [-0.3, -0.25) is 4.98 Å². The maximum absolute atomic E-state index is 10.4. The second-order valence-corrected chi connectivity index (χ2v) is 2.60. The normalized spacial score (nSPS) is 12.2. The summed E-state index contributed by atoms with van der Waals surface area (Å²) < 4.78 is 4.98. The van der Waals surface area contributed by atoms with E-state index in [9.17, 15) is 4.79 Å². The fourth-order valence-electron chi connectivity index (χ4n) is 0.729. The molecule has 0 aliphatic carbocycles. The Kier molecular flexibility index (Phi) is 2.79. The van der Waals surface area contributed by atoms with Gasteiger partial charge < -0.3 is 9.84 Å². The van der Waals surface area contributed by atoms with Crippen molar-refractivity contribution in [2.75, 3.05) is 0 Å². The number of rotatable bonds is 3. The summed E-state index contributed by atoms with van der Waals surface area (Å²) in [5, 5.41) is 8.54. The lowest BCUT2D eigenvalue weighted by Gasteiger charge is -2.08. The molecule has 1 heterocycles. The van der Waals surface area contributed by atoms with E-state index in [1.807, 2.05) is 0 Å². The third-order valence-electron chi connectivity index (χ3n) is 1.38. The lowest BCUT2D eigenvalue weighted by molar-refractivity contribution is -0.144. The largest absolute Gasteiger partial charge is 0.479 e. The molecule has 0 radical (unpaired) electrons. The molecule has 0 saturated carbocycles. The molecule has 1 aromatic heterocycles. The molecule has 13 heavy (non-hydrogen) atoms. The van der Waals surface area contributed by atoms with Gasteiger partial charge in [-0.25, -0.2) is 9.78 Å². The number of hydrogen-bond acceptors (Lipinski definition) is 4. The number of carboxylic acid groups (broad SMARTS) is 1. The molecule has 0 aliphatic heterocycles. The van der Waals surface area contributed by atoms with Crippen LogP contribution in [0.15, 0.2) is 12.4 Å². The topological polar surface area (TPSA) is 72.3 Å². The van der Waals surface area contributed by atoms with Crippen molar-refractivity contribution in [3.8, 4) is 5.88 Å². The zero-order valence-electron chi connectivity index (χ0n) is 7.39. The monoisotopic (exact) mass is 182 g/mol. The summed E-state index contributed by atoms with van der Waals surface area (Å²) in [7, 11) is 0. The number of aromatic nitrogens is 2. The predicted octanol–water partition coefficient (Wildman–Crippen LogP) is 0.637. The molecule has 0 bridgehead atoms. The van der Waals surface area contributed by atoms with Crippen molar-refractivity contribution in [1.82, 2.24) is 9.97 Å². The first-order valence-electron chi connectivity index (χ1n) is 3.77. The average molecular weight is 182 g/mol. The Bertz CT molecular complexity index is 314. The minimum absolute atomic E-state index is 0.231. The van der Waals surface area contributed by atoms with Gasteiger partial charge in [0.05, 0.1) is 11.9 Å². The van der Waals surface area contributed by atoms with Crippen molar-refractivity contribution in [1.29, 1.82) is 0 Å². The van der Waals surface area contributed by atoms with Gasteiger partial charge in [-0.15, -0.1) is 0 Å². The van der Waals surface area contributed by atoms with Crippen LogP contribution >= 0.6 is 0 Å². The Labute approximate surface area is 75.4 Å². The third-order valence-corrected chi connectivity index (χ3v) is 1.38. The van der Waals surface area contributed by atoms with Crippen LogP contribution in [0.2, 0.25) is 0 Å². The highest BCUT2D eigenvalue weighted by atomic mass is 16.5. The molecule has 70 valence electrons. The second-order valence-electron chi connectivity index (χ2n) is 2.60. The molecule has 5 nitrogen and oxygen atoms in total. The Balaban J connectivity index is 2.69. The summed E-state index contributed by atoms with van der Waals surface area (Å²) in [5.41, 5.74) is 0.690. The fraction of sp³-hybridized carbons (Fsp3) is 0.375. The molecule has 0 saturated heterocycles. The Morgan fingerprint density at radius 3 is 2.85 bits per heavy atom. The van der Waals surface area contributed by atoms with E-state index in [-0.39, 0.29) is 5.88 Å². The molecular formula is C8H10N2O3. The second kappa shape index (κ2) is 3.84. The van der Waals surface area contributed by atoms with Gasteiger partial charge in [0, 0.05) is 6.20 Å². The highest BCUT2D eigenvalue weighted by Crippen LogP contribution is 2.06. The van der Waals surface area contributed by atoms with E-state index in [1.54, 1.807) is 13.1 Å². The Morgan fingerprint density at radius 1 is 1.62 bits per heavy atom. The van der Waals surface area contributed by atoms with Crippen LogP contribution < -0.4 is 4.74 Å². The first-order chi connectivity index (χ1) is 6.09. The number of carbonyl (C=O) groups is 1.